The lowest BCUT2D eigenvalue weighted by atomic mass is 9.88. The van der Waals surface area contributed by atoms with Gasteiger partial charge in [0.2, 0.25) is 0 Å². The third-order valence-electron chi connectivity index (χ3n) is 5.51. The first-order chi connectivity index (χ1) is 12.6. The number of carbonyl (C=O) groups is 1. The lowest BCUT2D eigenvalue weighted by Gasteiger charge is -2.29. The van der Waals surface area contributed by atoms with Crippen LogP contribution >= 0.6 is 0 Å². The van der Waals surface area contributed by atoms with Crippen LogP contribution in [0, 0.1) is 6.92 Å². The van der Waals surface area contributed by atoms with E-state index in [4.69, 9.17) is 5.73 Å². The van der Waals surface area contributed by atoms with Gasteiger partial charge in [0.1, 0.15) is 5.82 Å². The van der Waals surface area contributed by atoms with Gasteiger partial charge in [-0.1, -0.05) is 18.2 Å². The Morgan fingerprint density at radius 3 is 3.12 bits per heavy atom. The third-order valence-corrected chi connectivity index (χ3v) is 5.51. The van der Waals surface area contributed by atoms with E-state index in [0.717, 1.165) is 54.0 Å². The minimum Gasteiger partial charge on any atom is -0.395 e. The van der Waals surface area contributed by atoms with Crippen LogP contribution in [0.1, 0.15) is 39.5 Å². The Morgan fingerprint density at radius 2 is 2.31 bits per heavy atom. The number of nitrogens with one attached hydrogen (secondary N) is 1. The summed E-state index contributed by atoms with van der Waals surface area (Å²) in [7, 11) is 0. The lowest BCUT2D eigenvalue weighted by molar-refractivity contribution is 0.0845. The first-order valence-electron chi connectivity index (χ1n) is 9.17. The second kappa shape index (κ2) is 6.74. The van der Waals surface area contributed by atoms with Crippen molar-refractivity contribution in [2.24, 2.45) is 0 Å². The van der Waals surface area contributed by atoms with Crippen LogP contribution in [0.15, 0.2) is 18.2 Å². The van der Waals surface area contributed by atoms with Crippen LogP contribution < -0.4 is 11.1 Å². The summed E-state index contributed by atoms with van der Waals surface area (Å²) < 4.78 is 1.52. The van der Waals surface area contributed by atoms with E-state index in [9.17, 15) is 9.90 Å². The number of aliphatic hydroxyl groups is 1. The fourth-order valence-corrected chi connectivity index (χ4v) is 4.14. The van der Waals surface area contributed by atoms with E-state index >= 15 is 0 Å². The number of aliphatic hydroxyl groups excluding tert-OH is 1. The molecular weight excluding hydrogens is 330 g/mol. The van der Waals surface area contributed by atoms with Crippen LogP contribution in [0.3, 0.4) is 0 Å². The maximum Gasteiger partial charge on any atom is 0.254 e. The topological polar surface area (TPSA) is 96.4 Å². The maximum atomic E-state index is 13.4. The van der Waals surface area contributed by atoms with Gasteiger partial charge in [0.25, 0.3) is 5.91 Å². The Kier molecular flexibility index (Phi) is 4.42. The maximum absolute atomic E-state index is 13.4. The Morgan fingerprint density at radius 1 is 1.46 bits per heavy atom. The van der Waals surface area contributed by atoms with E-state index < -0.39 is 0 Å². The molecular formula is C19H25N5O2. The van der Waals surface area contributed by atoms with Crippen molar-refractivity contribution < 1.29 is 9.90 Å². The van der Waals surface area contributed by atoms with Gasteiger partial charge < -0.3 is 16.2 Å². The summed E-state index contributed by atoms with van der Waals surface area (Å²) in [4.78, 5) is 15.5. The second-order valence-corrected chi connectivity index (χ2v) is 7.12. The number of aromatic nitrogens is 2. The highest BCUT2D eigenvalue weighted by Gasteiger charge is 2.33. The van der Waals surface area contributed by atoms with E-state index in [0.29, 0.717) is 18.9 Å². The molecule has 0 spiro atoms. The number of β-amino-alcohol motifs (C(OH)–C–C–N with tert-alkyl or cyclic N) is 1. The molecule has 0 aliphatic carbocycles. The van der Waals surface area contributed by atoms with Crippen LogP contribution in [0.25, 0.3) is 0 Å². The molecule has 0 saturated heterocycles. The van der Waals surface area contributed by atoms with Crippen molar-refractivity contribution in [3.8, 4) is 0 Å². The van der Waals surface area contributed by atoms with Gasteiger partial charge >= 0.3 is 0 Å². The number of hydrogen-bond acceptors (Lipinski definition) is 6. The van der Waals surface area contributed by atoms with Crippen molar-refractivity contribution in [3.63, 3.8) is 0 Å². The molecule has 7 nitrogen and oxygen atoms in total. The number of carbonyl (C=O) groups excluding carboxylic acids is 1. The predicted molar refractivity (Wildman–Crippen MR) is 100 cm³/mol. The summed E-state index contributed by atoms with van der Waals surface area (Å²) in [5, 5.41) is 17.0. The highest BCUT2D eigenvalue weighted by molar-refractivity contribution is 5.89. The van der Waals surface area contributed by atoms with Gasteiger partial charge in [0, 0.05) is 37.4 Å². The monoisotopic (exact) mass is 355 g/mol. The van der Waals surface area contributed by atoms with Crippen LogP contribution in [0.2, 0.25) is 0 Å². The van der Waals surface area contributed by atoms with Gasteiger partial charge in [0.05, 0.1) is 18.2 Å². The number of benzene rings is 1. The molecule has 1 aromatic heterocycles. The molecule has 1 aromatic carbocycles. The summed E-state index contributed by atoms with van der Waals surface area (Å²) in [6.07, 6.45) is 1.50. The molecule has 138 valence electrons. The highest BCUT2D eigenvalue weighted by atomic mass is 16.3. The molecule has 4 N–H and O–H groups in total. The summed E-state index contributed by atoms with van der Waals surface area (Å²) >= 11 is 0. The number of anilines is 2. The first-order valence-corrected chi connectivity index (χ1v) is 9.17. The molecule has 3 heterocycles. The van der Waals surface area contributed by atoms with Crippen molar-refractivity contribution in [1.29, 1.82) is 0 Å². The van der Waals surface area contributed by atoms with Crippen molar-refractivity contribution >= 4 is 17.4 Å². The van der Waals surface area contributed by atoms with Crippen LogP contribution in [0.5, 0.6) is 0 Å². The number of fused-ring (bicyclic) bond motifs is 2. The van der Waals surface area contributed by atoms with Crippen molar-refractivity contribution in [2.75, 3.05) is 37.3 Å². The summed E-state index contributed by atoms with van der Waals surface area (Å²) in [6, 6.07) is 6.07. The summed E-state index contributed by atoms with van der Waals surface area (Å²) in [5.41, 5.74) is 11.2. The van der Waals surface area contributed by atoms with Gasteiger partial charge in [-0.15, -0.1) is 5.10 Å². The van der Waals surface area contributed by atoms with Gasteiger partial charge in [-0.3, -0.25) is 9.69 Å². The largest absolute Gasteiger partial charge is 0.395 e. The van der Waals surface area contributed by atoms with E-state index in [2.05, 4.69) is 28.3 Å². The molecule has 0 bridgehead atoms. The van der Waals surface area contributed by atoms with Crippen LogP contribution in [0.4, 0.5) is 11.5 Å². The van der Waals surface area contributed by atoms with E-state index in [1.165, 1.54) is 4.68 Å². The van der Waals surface area contributed by atoms with E-state index in [-0.39, 0.29) is 18.4 Å². The SMILES string of the molecule is Cc1cccc2c1NCCC2C(=O)n1nc(N)c2c1CN(CCO)CC2. The van der Waals surface area contributed by atoms with Gasteiger partial charge in [-0.25, -0.2) is 4.68 Å². The molecule has 4 rings (SSSR count). The lowest BCUT2D eigenvalue weighted by Crippen LogP contribution is -2.36. The fourth-order valence-electron chi connectivity index (χ4n) is 4.14. The zero-order valence-corrected chi connectivity index (χ0v) is 15.0. The van der Waals surface area contributed by atoms with E-state index in [1.807, 2.05) is 12.1 Å². The van der Waals surface area contributed by atoms with Crippen LogP contribution in [-0.4, -0.2) is 51.9 Å². The molecule has 1 unspecified atom stereocenters. The predicted octanol–water partition coefficient (Wildman–Crippen LogP) is 1.36. The number of nitrogens with two attached hydrogens (primary N) is 1. The molecule has 0 amide bonds. The molecule has 1 atom stereocenters. The summed E-state index contributed by atoms with van der Waals surface area (Å²) in [5.74, 6) is 0.218. The van der Waals surface area contributed by atoms with E-state index in [1.54, 1.807) is 0 Å². The normalized spacial score (nSPS) is 19.5. The molecule has 0 saturated carbocycles. The Balaban J connectivity index is 1.70. The van der Waals surface area contributed by atoms with Gasteiger partial charge in [-0.05, 0) is 30.9 Å². The molecule has 0 radical (unpaired) electrons. The molecule has 2 aliphatic rings. The molecule has 7 heteroatoms. The zero-order valence-electron chi connectivity index (χ0n) is 15.0. The van der Waals surface area contributed by atoms with Crippen LogP contribution in [-0.2, 0) is 13.0 Å². The standard InChI is InChI=1S/C19H25N5O2/c1-12-3-2-4-13-14(5-7-21-17(12)13)19(26)24-16-11-23(9-10-25)8-6-15(16)18(20)22-24/h2-4,14,21,25H,5-11H2,1H3,(H2,20,22). The van der Waals surface area contributed by atoms with Gasteiger partial charge in [0.15, 0.2) is 0 Å². The minimum atomic E-state index is -0.220. The van der Waals surface area contributed by atoms with Crippen molar-refractivity contribution in [3.05, 3.63) is 40.6 Å². The number of nitrogens with zero attached hydrogens (tertiary/aromatic N) is 3. The average molecular weight is 355 g/mol. The third kappa shape index (κ3) is 2.77. The van der Waals surface area contributed by atoms with Crippen molar-refractivity contribution in [2.45, 2.75) is 32.2 Å². The molecule has 2 aromatic rings. The quantitative estimate of drug-likeness (QED) is 0.769. The number of nitrogen functional groups attached to an aromatic ring is 1. The molecule has 2 aliphatic heterocycles. The highest BCUT2D eigenvalue weighted by Crippen LogP contribution is 2.36. The minimum absolute atomic E-state index is 0.0165. The molecule has 0 fully saturated rings. The fraction of sp³-hybridized carbons (Fsp3) is 0.474. The average Bonchev–Trinajstić information content (AvgIpc) is 2.98. The molecule has 26 heavy (non-hydrogen) atoms. The smallest absolute Gasteiger partial charge is 0.254 e. The van der Waals surface area contributed by atoms with Crippen molar-refractivity contribution in [1.82, 2.24) is 14.7 Å². The Labute approximate surface area is 152 Å². The number of para-hydroxylation sites is 1. The van der Waals surface area contributed by atoms with Gasteiger partial charge in [-0.2, -0.15) is 0 Å². The Hall–Kier alpha value is -2.38. The first kappa shape index (κ1) is 17.1. The number of aryl methyl sites for hydroxylation is 1. The Bertz CT molecular complexity index is 845. The second-order valence-electron chi connectivity index (χ2n) is 7.12. The summed E-state index contributed by atoms with van der Waals surface area (Å²) in [6.45, 7) is 4.94. The number of rotatable bonds is 3. The zero-order chi connectivity index (χ0) is 18.3. The number of hydrogen-bond donors (Lipinski definition) is 3.